The van der Waals surface area contributed by atoms with E-state index in [1.807, 2.05) is 11.6 Å². The molecule has 0 spiro atoms. The van der Waals surface area contributed by atoms with Crippen molar-refractivity contribution >= 4 is 56.0 Å². The molecule has 1 aromatic rings. The lowest BCUT2D eigenvalue weighted by molar-refractivity contribution is -0.124. The summed E-state index contributed by atoms with van der Waals surface area (Å²) in [5, 5.41) is 5.23. The number of carbonyl (C=O) groups is 2. The fraction of sp³-hybridized carbons (Fsp3) is 0.571. The lowest BCUT2D eigenvalue weighted by atomic mass is 9.95. The molecule has 0 unspecified atom stereocenters. The van der Waals surface area contributed by atoms with Gasteiger partial charge < -0.3 is 0 Å². The molecule has 0 aromatic carbocycles. The molecule has 0 atom stereocenters. The van der Waals surface area contributed by atoms with Crippen molar-refractivity contribution in [1.82, 2.24) is 13.4 Å². The van der Waals surface area contributed by atoms with Crippen LogP contribution in [-0.4, -0.2) is 46.4 Å². The van der Waals surface area contributed by atoms with Crippen LogP contribution in [0.5, 0.6) is 0 Å². The first-order valence-electron chi connectivity index (χ1n) is 8.26. The number of thioether (sulfide) groups is 1. The first-order chi connectivity index (χ1) is 12.4. The van der Waals surface area contributed by atoms with Crippen LogP contribution in [0.1, 0.15) is 39.0 Å². The molecule has 1 aliphatic carbocycles. The van der Waals surface area contributed by atoms with Crippen molar-refractivity contribution in [2.75, 3.05) is 11.2 Å². The van der Waals surface area contributed by atoms with Gasteiger partial charge in [-0.1, -0.05) is 26.2 Å². The van der Waals surface area contributed by atoms with Crippen molar-refractivity contribution in [2.24, 2.45) is 5.10 Å². The number of hydrogen-bond donors (Lipinski definition) is 2. The molecule has 2 N–H and O–H groups in total. The number of amides is 2. The van der Waals surface area contributed by atoms with Gasteiger partial charge in [0.25, 0.3) is 11.8 Å². The highest BCUT2D eigenvalue weighted by Crippen LogP contribution is 2.27. The van der Waals surface area contributed by atoms with Gasteiger partial charge in [0.05, 0.1) is 6.04 Å². The minimum absolute atomic E-state index is 0.442. The molecule has 3 rings (SSSR count). The fourth-order valence-electron chi connectivity index (χ4n) is 2.94. The van der Waals surface area contributed by atoms with Gasteiger partial charge in [-0.3, -0.25) is 15.0 Å². The molecule has 2 heterocycles. The first kappa shape index (κ1) is 19.1. The van der Waals surface area contributed by atoms with Crippen LogP contribution in [0.4, 0.5) is 5.00 Å². The van der Waals surface area contributed by atoms with Crippen molar-refractivity contribution in [1.29, 1.82) is 0 Å². The summed E-state index contributed by atoms with van der Waals surface area (Å²) in [6.45, 7) is 2.00. The smallest absolute Gasteiger partial charge is 0.266 e. The quantitative estimate of drug-likeness (QED) is 0.551. The average molecular weight is 418 g/mol. The summed E-state index contributed by atoms with van der Waals surface area (Å²) in [5.74, 6) is -1.05. The number of carbonyl (C=O) groups excluding carboxylic acids is 2. The van der Waals surface area contributed by atoms with E-state index in [1.54, 1.807) is 17.8 Å². The standard InChI is InChI=1S/C14H19N5O4S3/c1-2-24-11-8-10(25-17-11)15-16-12-13(20)18-26(22,23)19(14(12)21)9-6-4-3-5-7-9/h8-9,15H,2-7H2,1H3,(H,18,20). The van der Waals surface area contributed by atoms with Crippen molar-refractivity contribution in [2.45, 2.75) is 50.1 Å². The third kappa shape index (κ3) is 4.01. The predicted octanol–water partition coefficient (Wildman–Crippen LogP) is 1.56. The number of rotatable bonds is 5. The average Bonchev–Trinajstić information content (AvgIpc) is 3.02. The Morgan fingerprint density at radius 3 is 2.81 bits per heavy atom. The SMILES string of the molecule is CCSc1cc(NN=C2C(=O)NS(=O)(=O)N(C3CCCCC3)C2=O)sn1. The molecule has 142 valence electrons. The van der Waals surface area contributed by atoms with Crippen LogP contribution < -0.4 is 10.1 Å². The van der Waals surface area contributed by atoms with Gasteiger partial charge in [-0.15, -0.1) is 11.8 Å². The summed E-state index contributed by atoms with van der Waals surface area (Å²) < 4.78 is 31.4. The largest absolute Gasteiger partial charge is 0.329 e. The van der Waals surface area contributed by atoms with Crippen LogP contribution in [0.25, 0.3) is 0 Å². The summed E-state index contributed by atoms with van der Waals surface area (Å²) in [5.41, 5.74) is 2.16. The lowest BCUT2D eigenvalue weighted by Crippen LogP contribution is -2.61. The summed E-state index contributed by atoms with van der Waals surface area (Å²) in [7, 11) is -4.18. The molecular weight excluding hydrogens is 398 g/mol. The predicted molar refractivity (Wildman–Crippen MR) is 100 cm³/mol. The third-order valence-electron chi connectivity index (χ3n) is 4.06. The fourth-order valence-corrected chi connectivity index (χ4v) is 5.66. The van der Waals surface area contributed by atoms with Crippen LogP contribution >= 0.6 is 23.3 Å². The molecule has 9 nitrogen and oxygen atoms in total. The first-order valence-corrected chi connectivity index (χ1v) is 11.5. The molecule has 1 aromatic heterocycles. The minimum atomic E-state index is -4.18. The van der Waals surface area contributed by atoms with Gasteiger partial charge in [0, 0.05) is 6.07 Å². The van der Waals surface area contributed by atoms with Gasteiger partial charge in [0.1, 0.15) is 10.0 Å². The topological polar surface area (TPSA) is 121 Å². The van der Waals surface area contributed by atoms with Crippen molar-refractivity contribution < 1.29 is 18.0 Å². The highest BCUT2D eigenvalue weighted by Gasteiger charge is 2.45. The molecular formula is C14H19N5O4S3. The molecule has 2 aliphatic rings. The van der Waals surface area contributed by atoms with Crippen molar-refractivity contribution in [3.63, 3.8) is 0 Å². The Balaban J connectivity index is 1.81. The van der Waals surface area contributed by atoms with E-state index in [9.17, 15) is 18.0 Å². The molecule has 1 saturated heterocycles. The van der Waals surface area contributed by atoms with Crippen LogP contribution in [0.15, 0.2) is 16.2 Å². The maximum Gasteiger partial charge on any atom is 0.329 e. The maximum absolute atomic E-state index is 12.7. The van der Waals surface area contributed by atoms with E-state index in [0.717, 1.165) is 45.9 Å². The molecule has 12 heteroatoms. The zero-order chi connectivity index (χ0) is 18.7. The second-order valence-corrected chi connectivity index (χ2v) is 9.50. The Kier molecular flexibility index (Phi) is 5.82. The van der Waals surface area contributed by atoms with E-state index < -0.39 is 33.8 Å². The van der Waals surface area contributed by atoms with E-state index >= 15 is 0 Å². The van der Waals surface area contributed by atoms with Gasteiger partial charge in [-0.2, -0.15) is 17.9 Å². The van der Waals surface area contributed by atoms with Gasteiger partial charge >= 0.3 is 10.2 Å². The number of aromatic nitrogens is 1. The van der Waals surface area contributed by atoms with Gasteiger partial charge in [0.15, 0.2) is 0 Å². The van der Waals surface area contributed by atoms with Crippen LogP contribution in [0.2, 0.25) is 0 Å². The molecule has 1 saturated carbocycles. The lowest BCUT2D eigenvalue weighted by Gasteiger charge is -2.35. The minimum Gasteiger partial charge on any atom is -0.266 e. The van der Waals surface area contributed by atoms with Gasteiger partial charge in [0.2, 0.25) is 5.71 Å². The van der Waals surface area contributed by atoms with Crippen LogP contribution in [0.3, 0.4) is 0 Å². The third-order valence-corrected chi connectivity index (χ3v) is 7.09. The molecule has 0 radical (unpaired) electrons. The Labute approximate surface area is 160 Å². The number of nitrogens with zero attached hydrogens (tertiary/aromatic N) is 3. The van der Waals surface area contributed by atoms with Crippen LogP contribution in [0, 0.1) is 0 Å². The van der Waals surface area contributed by atoms with E-state index in [2.05, 4.69) is 14.9 Å². The highest BCUT2D eigenvalue weighted by molar-refractivity contribution is 7.99. The summed E-state index contributed by atoms with van der Waals surface area (Å²) in [6.07, 6.45) is 3.89. The molecule has 1 aliphatic heterocycles. The number of anilines is 1. The molecule has 26 heavy (non-hydrogen) atoms. The van der Waals surface area contributed by atoms with Crippen molar-refractivity contribution in [3.05, 3.63) is 6.07 Å². The molecule has 0 bridgehead atoms. The van der Waals surface area contributed by atoms with Crippen molar-refractivity contribution in [3.8, 4) is 0 Å². The van der Waals surface area contributed by atoms with E-state index in [4.69, 9.17) is 0 Å². The Hall–Kier alpha value is -1.66. The molecule has 2 amide bonds. The Bertz CT molecular complexity index is 829. The van der Waals surface area contributed by atoms with E-state index in [-0.39, 0.29) is 0 Å². The summed E-state index contributed by atoms with van der Waals surface area (Å²) >= 11 is 2.70. The normalized spacial score (nSPS) is 22.5. The summed E-state index contributed by atoms with van der Waals surface area (Å²) in [4.78, 5) is 24.7. The van der Waals surface area contributed by atoms with Gasteiger partial charge in [-0.25, -0.2) is 9.03 Å². The zero-order valence-corrected chi connectivity index (χ0v) is 16.5. The van der Waals surface area contributed by atoms with E-state index in [0.29, 0.717) is 17.8 Å². The maximum atomic E-state index is 12.7. The Morgan fingerprint density at radius 2 is 2.12 bits per heavy atom. The Morgan fingerprint density at radius 1 is 1.38 bits per heavy atom. The second kappa shape index (κ2) is 7.92. The van der Waals surface area contributed by atoms with Gasteiger partial charge in [-0.05, 0) is 30.1 Å². The second-order valence-electron chi connectivity index (χ2n) is 5.86. The highest BCUT2D eigenvalue weighted by atomic mass is 32.2. The number of hydrogen-bond acceptors (Lipinski definition) is 9. The number of hydrazone groups is 1. The van der Waals surface area contributed by atoms with Crippen LogP contribution in [-0.2, 0) is 19.8 Å². The number of nitrogens with one attached hydrogen (secondary N) is 2. The summed E-state index contributed by atoms with van der Waals surface area (Å²) in [6, 6.07) is 1.31. The van der Waals surface area contributed by atoms with E-state index in [1.165, 1.54) is 0 Å². The monoisotopic (exact) mass is 417 g/mol. The zero-order valence-electron chi connectivity index (χ0n) is 14.1. The molecule has 2 fully saturated rings.